The predicted octanol–water partition coefficient (Wildman–Crippen LogP) is 2.16. The Labute approximate surface area is 147 Å². The molecule has 3 aromatic rings. The smallest absolute Gasteiger partial charge is 0.150 e. The van der Waals surface area contributed by atoms with Gasteiger partial charge in [-0.15, -0.1) is 0 Å². The highest BCUT2D eigenvalue weighted by Crippen LogP contribution is 2.19. The van der Waals surface area contributed by atoms with Crippen LogP contribution in [0.1, 0.15) is 0 Å². The van der Waals surface area contributed by atoms with Gasteiger partial charge in [-0.2, -0.15) is 0 Å². The minimum absolute atomic E-state index is 0.756. The zero-order valence-corrected chi connectivity index (χ0v) is 14.2. The summed E-state index contributed by atoms with van der Waals surface area (Å²) in [6.45, 7) is 4.13. The molecular weight excluding hydrogens is 314 g/mol. The van der Waals surface area contributed by atoms with Crippen molar-refractivity contribution in [2.75, 3.05) is 43.4 Å². The van der Waals surface area contributed by atoms with Crippen LogP contribution >= 0.6 is 0 Å². The second-order valence-corrected chi connectivity index (χ2v) is 6.17. The van der Waals surface area contributed by atoms with E-state index >= 15 is 0 Å². The van der Waals surface area contributed by atoms with Crippen molar-refractivity contribution in [2.24, 2.45) is 0 Å². The minimum Gasteiger partial charge on any atom is -0.354 e. The summed E-state index contributed by atoms with van der Waals surface area (Å²) in [5, 5.41) is 3.28. The summed E-state index contributed by atoms with van der Waals surface area (Å²) in [4.78, 5) is 17.9. The van der Waals surface area contributed by atoms with Gasteiger partial charge in [-0.1, -0.05) is 6.07 Å². The molecule has 1 aliphatic heterocycles. The van der Waals surface area contributed by atoms with E-state index in [0.717, 1.165) is 49.3 Å². The van der Waals surface area contributed by atoms with E-state index in [1.807, 2.05) is 35.0 Å². The monoisotopic (exact) mass is 335 g/mol. The molecule has 7 heteroatoms. The lowest BCUT2D eigenvalue weighted by atomic mass is 10.3. The van der Waals surface area contributed by atoms with Crippen molar-refractivity contribution in [3.63, 3.8) is 0 Å². The molecule has 4 rings (SSSR count). The molecule has 0 aliphatic carbocycles. The van der Waals surface area contributed by atoms with Crippen LogP contribution in [0.5, 0.6) is 0 Å². The number of rotatable bonds is 4. The molecular formula is C18H21N7. The number of nitrogens with zero attached hydrogens (tertiary/aromatic N) is 6. The van der Waals surface area contributed by atoms with E-state index in [2.05, 4.69) is 38.2 Å². The zero-order valence-electron chi connectivity index (χ0n) is 14.2. The van der Waals surface area contributed by atoms with E-state index in [-0.39, 0.29) is 0 Å². The average molecular weight is 335 g/mol. The summed E-state index contributed by atoms with van der Waals surface area (Å²) in [5.41, 5.74) is 0.974. The Morgan fingerprint density at radius 1 is 1.00 bits per heavy atom. The normalized spacial score (nSPS) is 15.3. The Kier molecular flexibility index (Phi) is 4.30. The second-order valence-electron chi connectivity index (χ2n) is 6.17. The van der Waals surface area contributed by atoms with Crippen LogP contribution in [-0.4, -0.2) is 57.6 Å². The van der Waals surface area contributed by atoms with Gasteiger partial charge in [-0.3, -0.25) is 4.98 Å². The van der Waals surface area contributed by atoms with E-state index in [9.17, 15) is 0 Å². The van der Waals surface area contributed by atoms with Crippen LogP contribution < -0.4 is 10.2 Å². The molecule has 0 atom stereocenters. The third-order valence-corrected chi connectivity index (χ3v) is 4.34. The van der Waals surface area contributed by atoms with Gasteiger partial charge < -0.3 is 19.7 Å². The van der Waals surface area contributed by atoms with Crippen molar-refractivity contribution in [1.82, 2.24) is 24.4 Å². The molecule has 4 heterocycles. The highest BCUT2D eigenvalue weighted by atomic mass is 15.3. The summed E-state index contributed by atoms with van der Waals surface area (Å²) < 4.78 is 1.93. The number of hydrogen-bond donors (Lipinski definition) is 1. The first-order valence-corrected chi connectivity index (χ1v) is 8.40. The molecule has 1 N–H and O–H groups in total. The van der Waals surface area contributed by atoms with Gasteiger partial charge >= 0.3 is 0 Å². The molecule has 7 nitrogen and oxygen atoms in total. The fourth-order valence-corrected chi connectivity index (χ4v) is 2.87. The van der Waals surface area contributed by atoms with Gasteiger partial charge in [0.25, 0.3) is 0 Å². The molecule has 0 bridgehead atoms. The molecule has 0 aromatic carbocycles. The highest BCUT2D eigenvalue weighted by molar-refractivity contribution is 5.55. The number of pyridine rings is 2. The van der Waals surface area contributed by atoms with Gasteiger partial charge in [0.05, 0.1) is 18.1 Å². The Balaban J connectivity index is 1.48. The molecule has 0 radical (unpaired) electrons. The largest absolute Gasteiger partial charge is 0.354 e. The molecule has 25 heavy (non-hydrogen) atoms. The molecule has 0 unspecified atom stereocenters. The summed E-state index contributed by atoms with van der Waals surface area (Å²) in [5.74, 6) is 2.56. The number of anilines is 3. The predicted molar refractivity (Wildman–Crippen MR) is 98.6 cm³/mol. The third-order valence-electron chi connectivity index (χ3n) is 4.34. The van der Waals surface area contributed by atoms with Crippen LogP contribution in [0.3, 0.4) is 0 Å². The van der Waals surface area contributed by atoms with Crippen LogP contribution in [0.15, 0.2) is 55.2 Å². The van der Waals surface area contributed by atoms with Crippen molar-refractivity contribution in [2.45, 2.75) is 0 Å². The molecule has 0 spiro atoms. The van der Waals surface area contributed by atoms with Crippen LogP contribution in [0.2, 0.25) is 0 Å². The van der Waals surface area contributed by atoms with Crippen molar-refractivity contribution in [3.8, 4) is 5.69 Å². The van der Waals surface area contributed by atoms with Crippen molar-refractivity contribution in [1.29, 1.82) is 0 Å². The number of nitrogens with one attached hydrogen (secondary N) is 1. The Hall–Kier alpha value is -2.93. The fourth-order valence-electron chi connectivity index (χ4n) is 2.87. The number of aromatic nitrogens is 4. The topological polar surface area (TPSA) is 62.1 Å². The molecule has 1 aliphatic rings. The lowest BCUT2D eigenvalue weighted by Gasteiger charge is -2.33. The van der Waals surface area contributed by atoms with Gasteiger partial charge in [0.15, 0.2) is 0 Å². The van der Waals surface area contributed by atoms with E-state index in [4.69, 9.17) is 4.98 Å². The number of likely N-dealkylation sites (N-methyl/N-ethyl adjacent to an activating group) is 1. The number of imidazole rings is 1. The maximum Gasteiger partial charge on any atom is 0.150 e. The van der Waals surface area contributed by atoms with E-state index in [1.165, 1.54) is 0 Å². The summed E-state index contributed by atoms with van der Waals surface area (Å²) >= 11 is 0. The van der Waals surface area contributed by atoms with E-state index in [0.29, 0.717) is 0 Å². The van der Waals surface area contributed by atoms with Gasteiger partial charge in [-0.25, -0.2) is 9.97 Å². The van der Waals surface area contributed by atoms with E-state index in [1.54, 1.807) is 18.7 Å². The van der Waals surface area contributed by atoms with Crippen LogP contribution in [0.25, 0.3) is 5.69 Å². The summed E-state index contributed by atoms with van der Waals surface area (Å²) in [6, 6.07) is 9.95. The van der Waals surface area contributed by atoms with Crippen molar-refractivity contribution in [3.05, 3.63) is 55.2 Å². The van der Waals surface area contributed by atoms with Crippen LogP contribution in [-0.2, 0) is 0 Å². The van der Waals surface area contributed by atoms with Crippen molar-refractivity contribution < 1.29 is 0 Å². The van der Waals surface area contributed by atoms with Crippen LogP contribution in [0, 0.1) is 0 Å². The highest BCUT2D eigenvalue weighted by Gasteiger charge is 2.15. The van der Waals surface area contributed by atoms with Gasteiger partial charge in [0.1, 0.15) is 23.8 Å². The fraction of sp³-hybridized carbons (Fsp3) is 0.278. The summed E-state index contributed by atoms with van der Waals surface area (Å²) in [6.07, 6.45) is 7.26. The molecule has 0 amide bonds. The van der Waals surface area contributed by atoms with Gasteiger partial charge in [-0.05, 0) is 31.3 Å². The Bertz CT molecular complexity index is 822. The first-order valence-electron chi connectivity index (χ1n) is 8.40. The second kappa shape index (κ2) is 6.90. The maximum atomic E-state index is 4.73. The molecule has 1 saturated heterocycles. The lowest BCUT2D eigenvalue weighted by molar-refractivity contribution is 0.312. The van der Waals surface area contributed by atoms with Crippen molar-refractivity contribution >= 4 is 17.5 Å². The Morgan fingerprint density at radius 3 is 2.68 bits per heavy atom. The Morgan fingerprint density at radius 2 is 1.88 bits per heavy atom. The zero-order chi connectivity index (χ0) is 17.1. The SMILES string of the molecule is CN1CCN(c2cccc(Nc3cn(-c4cccnc4)cn3)n2)CC1. The molecule has 128 valence electrons. The third kappa shape index (κ3) is 3.61. The maximum absolute atomic E-state index is 4.73. The average Bonchev–Trinajstić information content (AvgIpc) is 3.12. The van der Waals surface area contributed by atoms with E-state index < -0.39 is 0 Å². The van der Waals surface area contributed by atoms with Gasteiger partial charge in [0, 0.05) is 32.4 Å². The standard InChI is InChI=1S/C18H21N7/c1-23-8-10-24(11-9-23)18-6-2-5-16(22-18)21-17-13-25(14-20-17)15-4-3-7-19-12-15/h2-7,12-14H,8-11H2,1H3,(H,21,22). The molecule has 3 aromatic heterocycles. The number of hydrogen-bond acceptors (Lipinski definition) is 6. The minimum atomic E-state index is 0.756. The molecule has 0 saturated carbocycles. The lowest BCUT2D eigenvalue weighted by Crippen LogP contribution is -2.44. The summed E-state index contributed by atoms with van der Waals surface area (Å²) in [7, 11) is 2.15. The van der Waals surface area contributed by atoms with Gasteiger partial charge in [0.2, 0.25) is 0 Å². The number of piperazine rings is 1. The molecule has 1 fully saturated rings. The quantitative estimate of drug-likeness (QED) is 0.788. The first-order chi connectivity index (χ1) is 12.3. The first kappa shape index (κ1) is 15.6. The van der Waals surface area contributed by atoms with Crippen LogP contribution in [0.4, 0.5) is 17.5 Å².